The van der Waals surface area contributed by atoms with Gasteiger partial charge < -0.3 is 15.8 Å². The molecule has 0 aliphatic carbocycles. The summed E-state index contributed by atoms with van der Waals surface area (Å²) in [5, 5.41) is 3.41. The molecule has 18 heavy (non-hydrogen) atoms. The number of nitrogens with one attached hydrogen (secondary N) is 1. The third-order valence-electron chi connectivity index (χ3n) is 3.79. The molecule has 104 valence electrons. The fourth-order valence-electron chi connectivity index (χ4n) is 2.89. The zero-order chi connectivity index (χ0) is 13.2. The summed E-state index contributed by atoms with van der Waals surface area (Å²) in [6.07, 6.45) is 3.26. The molecule has 2 aliphatic heterocycles. The summed E-state index contributed by atoms with van der Waals surface area (Å²) in [5.74, 6) is 1.64. The van der Waals surface area contributed by atoms with Crippen LogP contribution in [0.4, 0.5) is 0 Å². The Kier molecular flexibility index (Phi) is 4.24. The molecule has 3 N–H and O–H groups in total. The van der Waals surface area contributed by atoms with E-state index in [4.69, 9.17) is 10.5 Å². The standard InChI is InChI=1S/C13H24N2O2S/c1-12(2)7-13(11(14)16,9-18-8-12)15-6-10-4-3-5-17-10/h10,15H,3-9H2,1-2H3,(H2,14,16). The number of ether oxygens (including phenoxy) is 1. The molecule has 0 spiro atoms. The van der Waals surface area contributed by atoms with Crippen molar-refractivity contribution in [3.05, 3.63) is 0 Å². The Hall–Kier alpha value is -0.260. The van der Waals surface area contributed by atoms with E-state index in [2.05, 4.69) is 19.2 Å². The molecule has 5 heteroatoms. The van der Waals surface area contributed by atoms with Crippen LogP contribution in [0.15, 0.2) is 0 Å². The number of hydrogen-bond donors (Lipinski definition) is 2. The fourth-order valence-corrected chi connectivity index (χ4v) is 4.35. The van der Waals surface area contributed by atoms with Gasteiger partial charge in [0.1, 0.15) is 5.54 Å². The van der Waals surface area contributed by atoms with Gasteiger partial charge in [0.25, 0.3) is 0 Å². The third kappa shape index (κ3) is 3.19. The van der Waals surface area contributed by atoms with Gasteiger partial charge in [-0.25, -0.2) is 0 Å². The van der Waals surface area contributed by atoms with E-state index in [9.17, 15) is 4.79 Å². The van der Waals surface area contributed by atoms with Gasteiger partial charge in [0.15, 0.2) is 0 Å². The second kappa shape index (κ2) is 5.39. The van der Waals surface area contributed by atoms with Crippen molar-refractivity contribution in [3.63, 3.8) is 0 Å². The normalized spacial score (nSPS) is 35.6. The summed E-state index contributed by atoms with van der Waals surface area (Å²) in [4.78, 5) is 11.9. The zero-order valence-corrected chi connectivity index (χ0v) is 12.1. The average molecular weight is 272 g/mol. The number of rotatable bonds is 4. The lowest BCUT2D eigenvalue weighted by atomic mass is 9.79. The molecule has 0 aromatic heterocycles. The third-order valence-corrected chi connectivity index (χ3v) is 5.47. The molecule has 2 rings (SSSR count). The molecular weight excluding hydrogens is 248 g/mol. The van der Waals surface area contributed by atoms with E-state index in [-0.39, 0.29) is 17.4 Å². The Bertz CT molecular complexity index is 316. The van der Waals surface area contributed by atoms with E-state index in [1.807, 2.05) is 11.8 Å². The summed E-state index contributed by atoms with van der Waals surface area (Å²) in [5.41, 5.74) is 5.25. The van der Waals surface area contributed by atoms with Gasteiger partial charge in [-0.05, 0) is 30.4 Å². The number of primary amides is 1. The first kappa shape index (κ1) is 14.2. The van der Waals surface area contributed by atoms with Crippen LogP contribution in [0.5, 0.6) is 0 Å². The predicted molar refractivity (Wildman–Crippen MR) is 74.6 cm³/mol. The second-order valence-corrected chi connectivity index (χ2v) is 7.28. The number of carbonyl (C=O) groups is 1. The van der Waals surface area contributed by atoms with E-state index in [1.165, 1.54) is 0 Å². The summed E-state index contributed by atoms with van der Waals surface area (Å²) < 4.78 is 5.60. The highest BCUT2D eigenvalue weighted by atomic mass is 32.2. The van der Waals surface area contributed by atoms with Crippen LogP contribution in [0.3, 0.4) is 0 Å². The number of amides is 1. The molecule has 2 heterocycles. The van der Waals surface area contributed by atoms with Crippen molar-refractivity contribution in [1.82, 2.24) is 5.32 Å². The molecule has 1 amide bonds. The van der Waals surface area contributed by atoms with Crippen LogP contribution in [0.2, 0.25) is 0 Å². The highest BCUT2D eigenvalue weighted by molar-refractivity contribution is 7.99. The van der Waals surface area contributed by atoms with E-state index in [1.54, 1.807) is 0 Å². The van der Waals surface area contributed by atoms with Gasteiger partial charge in [-0.15, -0.1) is 0 Å². The Morgan fingerprint density at radius 1 is 1.50 bits per heavy atom. The highest BCUT2D eigenvalue weighted by Gasteiger charge is 2.45. The number of nitrogens with two attached hydrogens (primary N) is 1. The Morgan fingerprint density at radius 2 is 2.28 bits per heavy atom. The SMILES string of the molecule is CC1(C)CSCC(NCC2CCCO2)(C(N)=O)C1. The number of carbonyl (C=O) groups excluding carboxylic acids is 1. The van der Waals surface area contributed by atoms with Gasteiger partial charge >= 0.3 is 0 Å². The lowest BCUT2D eigenvalue weighted by molar-refractivity contribution is -0.125. The van der Waals surface area contributed by atoms with Gasteiger partial charge in [0, 0.05) is 18.9 Å². The molecule has 0 radical (unpaired) electrons. The van der Waals surface area contributed by atoms with E-state index >= 15 is 0 Å². The molecule has 0 saturated carbocycles. The molecule has 2 unspecified atom stereocenters. The summed E-state index contributed by atoms with van der Waals surface area (Å²) in [6, 6.07) is 0. The van der Waals surface area contributed by atoms with Gasteiger partial charge in [0.2, 0.25) is 5.91 Å². The van der Waals surface area contributed by atoms with Crippen molar-refractivity contribution in [2.24, 2.45) is 11.1 Å². The predicted octanol–water partition coefficient (Wildman–Crippen LogP) is 1.14. The first-order chi connectivity index (χ1) is 8.44. The van der Waals surface area contributed by atoms with Crippen molar-refractivity contribution in [3.8, 4) is 0 Å². The molecule has 2 aliphatic rings. The quantitative estimate of drug-likeness (QED) is 0.805. The Balaban J connectivity index is 1.99. The van der Waals surface area contributed by atoms with Crippen molar-refractivity contribution in [1.29, 1.82) is 0 Å². The van der Waals surface area contributed by atoms with Gasteiger partial charge in [-0.1, -0.05) is 13.8 Å². The van der Waals surface area contributed by atoms with Crippen molar-refractivity contribution < 1.29 is 9.53 Å². The maximum atomic E-state index is 11.9. The topological polar surface area (TPSA) is 64.3 Å². The van der Waals surface area contributed by atoms with Gasteiger partial charge in [-0.2, -0.15) is 11.8 Å². The van der Waals surface area contributed by atoms with Crippen molar-refractivity contribution in [2.75, 3.05) is 24.7 Å². The molecule has 2 saturated heterocycles. The molecule has 4 nitrogen and oxygen atoms in total. The zero-order valence-electron chi connectivity index (χ0n) is 11.3. The minimum Gasteiger partial charge on any atom is -0.377 e. The van der Waals surface area contributed by atoms with Crippen LogP contribution >= 0.6 is 11.8 Å². The van der Waals surface area contributed by atoms with Crippen LogP contribution in [0.25, 0.3) is 0 Å². The van der Waals surface area contributed by atoms with Crippen LogP contribution in [-0.2, 0) is 9.53 Å². The molecule has 0 aromatic rings. The lowest BCUT2D eigenvalue weighted by Crippen LogP contribution is -2.62. The monoisotopic (exact) mass is 272 g/mol. The van der Waals surface area contributed by atoms with Crippen molar-refractivity contribution >= 4 is 17.7 Å². The number of thioether (sulfide) groups is 1. The molecule has 0 aromatic carbocycles. The van der Waals surface area contributed by atoms with Crippen LogP contribution < -0.4 is 11.1 Å². The van der Waals surface area contributed by atoms with Gasteiger partial charge in [0.05, 0.1) is 6.10 Å². The summed E-state index contributed by atoms with van der Waals surface area (Å²) >= 11 is 1.82. The van der Waals surface area contributed by atoms with E-state index in [0.29, 0.717) is 0 Å². The first-order valence-electron chi connectivity index (χ1n) is 6.68. The van der Waals surface area contributed by atoms with Crippen LogP contribution in [-0.4, -0.2) is 42.2 Å². The first-order valence-corrected chi connectivity index (χ1v) is 7.83. The molecule has 0 bridgehead atoms. The summed E-state index contributed by atoms with van der Waals surface area (Å²) in [7, 11) is 0. The van der Waals surface area contributed by atoms with E-state index in [0.717, 1.165) is 43.9 Å². The summed E-state index contributed by atoms with van der Waals surface area (Å²) in [6.45, 7) is 5.98. The maximum absolute atomic E-state index is 11.9. The molecular formula is C13H24N2O2S. The smallest absolute Gasteiger partial charge is 0.238 e. The van der Waals surface area contributed by atoms with Crippen LogP contribution in [0, 0.1) is 5.41 Å². The van der Waals surface area contributed by atoms with Crippen molar-refractivity contribution in [2.45, 2.75) is 44.8 Å². The molecule has 2 atom stereocenters. The molecule has 2 fully saturated rings. The van der Waals surface area contributed by atoms with E-state index < -0.39 is 5.54 Å². The average Bonchev–Trinajstić information content (AvgIpc) is 2.77. The number of hydrogen-bond acceptors (Lipinski definition) is 4. The Labute approximate surface area is 113 Å². The maximum Gasteiger partial charge on any atom is 0.238 e. The van der Waals surface area contributed by atoms with Crippen LogP contribution in [0.1, 0.15) is 33.1 Å². The highest BCUT2D eigenvalue weighted by Crippen LogP contribution is 2.39. The Morgan fingerprint density at radius 3 is 2.83 bits per heavy atom. The lowest BCUT2D eigenvalue weighted by Gasteiger charge is -2.43. The largest absolute Gasteiger partial charge is 0.377 e. The minimum absolute atomic E-state index is 0.154. The second-order valence-electron chi connectivity index (χ2n) is 6.30. The van der Waals surface area contributed by atoms with Gasteiger partial charge in [-0.3, -0.25) is 4.79 Å². The minimum atomic E-state index is -0.557. The fraction of sp³-hybridized carbons (Fsp3) is 0.923.